The number of aromatic nitrogens is 1. The summed E-state index contributed by atoms with van der Waals surface area (Å²) >= 11 is 0. The van der Waals surface area contributed by atoms with Crippen LogP contribution in [0, 0.1) is 25.2 Å². The van der Waals surface area contributed by atoms with Crippen molar-refractivity contribution in [2.24, 2.45) is 5.92 Å². The lowest BCUT2D eigenvalue weighted by Gasteiger charge is -2.30. The lowest BCUT2D eigenvalue weighted by molar-refractivity contribution is -0.141. The number of aryl methyl sites for hydroxylation is 1. The maximum Gasteiger partial charge on any atom is 0.243 e. The molecule has 0 radical (unpaired) electrons. The molecule has 35 heavy (non-hydrogen) atoms. The quantitative estimate of drug-likeness (QED) is 0.494. The number of carbonyl (C=O) groups is 3. The van der Waals surface area contributed by atoms with Gasteiger partial charge in [0.1, 0.15) is 17.7 Å². The van der Waals surface area contributed by atoms with Crippen molar-refractivity contribution in [2.45, 2.75) is 57.7 Å². The summed E-state index contributed by atoms with van der Waals surface area (Å²) < 4.78 is 5.37. The average molecular weight is 481 g/mol. The number of likely N-dealkylation sites (tertiary alicyclic amines) is 1. The van der Waals surface area contributed by atoms with E-state index in [-0.39, 0.29) is 37.1 Å². The fraction of sp³-hybridized carbons (Fsp3) is 0.462. The second kappa shape index (κ2) is 11.2. The van der Waals surface area contributed by atoms with Crippen LogP contribution in [0.15, 0.2) is 34.9 Å². The highest BCUT2D eigenvalue weighted by Crippen LogP contribution is 2.31. The number of amides is 3. The molecular formula is C26H32N4O5. The van der Waals surface area contributed by atoms with E-state index >= 15 is 0 Å². The summed E-state index contributed by atoms with van der Waals surface area (Å²) in [6.45, 7) is 5.58. The molecule has 1 aromatic heterocycles. The van der Waals surface area contributed by atoms with Gasteiger partial charge in [-0.2, -0.15) is 0 Å². The van der Waals surface area contributed by atoms with E-state index in [0.717, 1.165) is 0 Å². The molecule has 0 aliphatic carbocycles. The lowest BCUT2D eigenvalue weighted by atomic mass is 9.91. The predicted molar refractivity (Wildman–Crippen MR) is 129 cm³/mol. The highest BCUT2D eigenvalue weighted by Gasteiger charge is 2.43. The molecule has 4 atom stereocenters. The van der Waals surface area contributed by atoms with Crippen LogP contribution in [0.25, 0.3) is 0 Å². The van der Waals surface area contributed by atoms with Crippen LogP contribution < -0.4 is 10.6 Å². The van der Waals surface area contributed by atoms with E-state index in [4.69, 9.17) is 10.9 Å². The molecular weight excluding hydrogens is 448 g/mol. The number of terminal acetylenes is 1. The van der Waals surface area contributed by atoms with Crippen LogP contribution in [0.2, 0.25) is 0 Å². The van der Waals surface area contributed by atoms with E-state index in [1.54, 1.807) is 37.3 Å². The number of aliphatic hydroxyl groups excluding tert-OH is 1. The molecule has 3 amide bonds. The van der Waals surface area contributed by atoms with Crippen molar-refractivity contribution in [3.63, 3.8) is 0 Å². The average Bonchev–Trinajstić information content (AvgIpc) is 3.43. The summed E-state index contributed by atoms with van der Waals surface area (Å²) in [4.78, 5) is 40.5. The van der Waals surface area contributed by atoms with Gasteiger partial charge in [-0.25, -0.2) is 0 Å². The van der Waals surface area contributed by atoms with E-state index < -0.39 is 30.0 Å². The summed E-state index contributed by atoms with van der Waals surface area (Å²) in [5.74, 6) is 1.19. The first-order valence-electron chi connectivity index (χ1n) is 11.6. The topological polar surface area (TPSA) is 125 Å². The van der Waals surface area contributed by atoms with Gasteiger partial charge in [0.05, 0.1) is 24.3 Å². The van der Waals surface area contributed by atoms with Crippen molar-refractivity contribution in [2.75, 3.05) is 13.6 Å². The molecule has 186 valence electrons. The third kappa shape index (κ3) is 6.08. The Labute approximate surface area is 205 Å². The number of aliphatic hydroxyl groups is 1. The second-order valence-electron chi connectivity index (χ2n) is 9.19. The molecule has 1 fully saturated rings. The minimum absolute atomic E-state index is 0.00677. The van der Waals surface area contributed by atoms with Gasteiger partial charge in [-0.15, -0.1) is 6.42 Å². The van der Waals surface area contributed by atoms with Crippen LogP contribution in [0.4, 0.5) is 0 Å². The van der Waals surface area contributed by atoms with Gasteiger partial charge in [-0.3, -0.25) is 14.4 Å². The van der Waals surface area contributed by atoms with Gasteiger partial charge in [0.2, 0.25) is 17.7 Å². The SMILES string of the molecule is C#Cc1ccc([C@H](CC(=O)NC)NC(=O)[C@@H]2C[C@@H](O)CN2C(=O)[C@@H](c2cc(C)no2)C(C)C)cc1. The van der Waals surface area contributed by atoms with Gasteiger partial charge in [0.25, 0.3) is 0 Å². The number of β-amino-alcohol motifs (C(OH)–C–C–N with tert-alkyl or cyclic N) is 1. The molecule has 0 bridgehead atoms. The van der Waals surface area contributed by atoms with Gasteiger partial charge in [0.15, 0.2) is 0 Å². The maximum absolute atomic E-state index is 13.6. The molecule has 3 rings (SSSR count). The molecule has 2 heterocycles. The summed E-state index contributed by atoms with van der Waals surface area (Å²) in [5.41, 5.74) is 2.04. The van der Waals surface area contributed by atoms with Crippen LogP contribution >= 0.6 is 0 Å². The first kappa shape index (κ1) is 26.0. The lowest BCUT2D eigenvalue weighted by Crippen LogP contribution is -2.49. The molecule has 3 N–H and O–H groups in total. The Morgan fingerprint density at radius 3 is 2.51 bits per heavy atom. The Morgan fingerprint density at radius 2 is 1.97 bits per heavy atom. The van der Waals surface area contributed by atoms with Gasteiger partial charge >= 0.3 is 0 Å². The molecule has 1 saturated heterocycles. The Hall–Kier alpha value is -3.64. The number of rotatable bonds is 8. The summed E-state index contributed by atoms with van der Waals surface area (Å²) in [6.07, 6.45) is 4.69. The molecule has 9 heteroatoms. The van der Waals surface area contributed by atoms with E-state index in [9.17, 15) is 19.5 Å². The number of nitrogens with zero attached hydrogens (tertiary/aromatic N) is 2. The van der Waals surface area contributed by atoms with Crippen LogP contribution in [0.5, 0.6) is 0 Å². The van der Waals surface area contributed by atoms with Crippen molar-refractivity contribution in [1.29, 1.82) is 0 Å². The summed E-state index contributed by atoms with van der Waals surface area (Å²) in [5, 5.41) is 19.7. The van der Waals surface area contributed by atoms with Crippen molar-refractivity contribution in [1.82, 2.24) is 20.7 Å². The fourth-order valence-electron chi connectivity index (χ4n) is 4.37. The Bertz CT molecular complexity index is 1100. The standard InChI is InChI=1S/C26H32N4O5/c1-6-17-7-9-18(10-8-17)20(13-23(32)27-5)28-25(33)21-12-19(31)14-30(21)26(34)24(15(2)3)22-11-16(4)29-35-22/h1,7-11,15,19-21,24,31H,12-14H2,2-5H3,(H,27,32)(H,28,33)/t19-,20+,21+,24-/m1/s1. The predicted octanol–water partition coefficient (Wildman–Crippen LogP) is 1.66. The zero-order valence-electron chi connectivity index (χ0n) is 20.4. The number of hydrogen-bond donors (Lipinski definition) is 3. The van der Waals surface area contributed by atoms with Crippen molar-refractivity contribution in [3.8, 4) is 12.3 Å². The summed E-state index contributed by atoms with van der Waals surface area (Å²) in [7, 11) is 1.52. The van der Waals surface area contributed by atoms with Gasteiger partial charge in [0, 0.05) is 31.6 Å². The highest BCUT2D eigenvalue weighted by molar-refractivity contribution is 5.91. The number of benzene rings is 1. The van der Waals surface area contributed by atoms with E-state index in [1.165, 1.54) is 11.9 Å². The van der Waals surface area contributed by atoms with E-state index in [2.05, 4.69) is 21.7 Å². The van der Waals surface area contributed by atoms with Crippen molar-refractivity contribution < 1.29 is 24.0 Å². The van der Waals surface area contributed by atoms with Gasteiger partial charge in [-0.1, -0.05) is 37.1 Å². The number of hydrogen-bond acceptors (Lipinski definition) is 6. The normalized spacial score (nSPS) is 19.2. The van der Waals surface area contributed by atoms with Crippen LogP contribution in [-0.4, -0.2) is 58.6 Å². The third-order valence-corrected chi connectivity index (χ3v) is 6.21. The van der Waals surface area contributed by atoms with Crippen molar-refractivity contribution >= 4 is 17.7 Å². The van der Waals surface area contributed by atoms with Crippen LogP contribution in [0.3, 0.4) is 0 Å². The Kier molecular flexibility index (Phi) is 8.30. The second-order valence-corrected chi connectivity index (χ2v) is 9.19. The fourth-order valence-corrected chi connectivity index (χ4v) is 4.37. The third-order valence-electron chi connectivity index (χ3n) is 6.21. The zero-order valence-corrected chi connectivity index (χ0v) is 20.4. The summed E-state index contributed by atoms with van der Waals surface area (Å²) in [6, 6.07) is 7.18. The zero-order chi connectivity index (χ0) is 25.7. The molecule has 0 saturated carbocycles. The minimum Gasteiger partial charge on any atom is -0.391 e. The van der Waals surface area contributed by atoms with E-state index in [0.29, 0.717) is 22.6 Å². The Balaban J connectivity index is 1.84. The molecule has 2 aromatic rings. The molecule has 0 unspecified atom stereocenters. The number of carbonyl (C=O) groups excluding carboxylic acids is 3. The van der Waals surface area contributed by atoms with E-state index in [1.807, 2.05) is 13.8 Å². The minimum atomic E-state index is -0.889. The molecule has 1 aromatic carbocycles. The molecule has 0 spiro atoms. The van der Waals surface area contributed by atoms with Crippen molar-refractivity contribution in [3.05, 3.63) is 52.9 Å². The monoisotopic (exact) mass is 480 g/mol. The Morgan fingerprint density at radius 1 is 1.29 bits per heavy atom. The largest absolute Gasteiger partial charge is 0.391 e. The maximum atomic E-state index is 13.6. The smallest absolute Gasteiger partial charge is 0.243 e. The van der Waals surface area contributed by atoms with Gasteiger partial charge in [-0.05, 0) is 30.5 Å². The number of nitrogens with one attached hydrogen (secondary N) is 2. The molecule has 1 aliphatic rings. The van der Waals surface area contributed by atoms with Crippen LogP contribution in [0.1, 0.15) is 61.2 Å². The van der Waals surface area contributed by atoms with Gasteiger partial charge < -0.3 is 25.2 Å². The highest BCUT2D eigenvalue weighted by atomic mass is 16.5. The first-order chi connectivity index (χ1) is 16.6. The molecule has 9 nitrogen and oxygen atoms in total. The first-order valence-corrected chi connectivity index (χ1v) is 11.6. The molecule has 1 aliphatic heterocycles. The van der Waals surface area contributed by atoms with Crippen LogP contribution in [-0.2, 0) is 14.4 Å².